The van der Waals surface area contributed by atoms with Crippen molar-refractivity contribution in [2.75, 3.05) is 14.2 Å². The molecule has 14 aromatic carbocycles. The van der Waals surface area contributed by atoms with Crippen LogP contribution in [0.3, 0.4) is 0 Å². The van der Waals surface area contributed by atoms with Crippen LogP contribution >= 0.6 is 0 Å². The first-order chi connectivity index (χ1) is 54.0. The molecule has 16 aromatic rings. The Morgan fingerprint density at radius 2 is 0.482 bits per heavy atom. The second-order valence-corrected chi connectivity index (χ2v) is 44.8. The van der Waals surface area contributed by atoms with Crippen molar-refractivity contribution >= 4 is 138 Å². The van der Waals surface area contributed by atoms with Gasteiger partial charge in [0.2, 0.25) is 11.6 Å². The lowest BCUT2D eigenvalue weighted by Gasteiger charge is -2.35. The zero-order chi connectivity index (χ0) is 78.7. The first-order valence-electron chi connectivity index (χ1n) is 35.8. The Morgan fingerprint density at radius 1 is 0.259 bits per heavy atom. The number of fused-ring (bicyclic) bond motifs is 6. The molecule has 0 aliphatic rings. The van der Waals surface area contributed by atoms with Crippen LogP contribution < -0.4 is 71.7 Å². The van der Waals surface area contributed by atoms with Gasteiger partial charge < -0.3 is 18.6 Å². The molecule has 0 amide bonds. The van der Waals surface area contributed by atoms with E-state index in [-0.39, 0.29) is 0 Å². The molecule has 0 radical (unpaired) electrons. The highest BCUT2D eigenvalue weighted by Crippen LogP contribution is 2.36. The lowest BCUT2D eigenvalue weighted by atomic mass is 10.1. The van der Waals surface area contributed by atoms with Crippen molar-refractivity contribution in [3.63, 3.8) is 0 Å². The van der Waals surface area contributed by atoms with Gasteiger partial charge in [0.25, 0.3) is 0 Å². The van der Waals surface area contributed by atoms with Gasteiger partial charge in [0.1, 0.15) is 27.6 Å². The van der Waals surface area contributed by atoms with Gasteiger partial charge in [0, 0.05) is 43.3 Å². The summed E-state index contributed by atoms with van der Waals surface area (Å²) in [6, 6.07) is 104. The largest absolute Gasteiger partial charge is 0.497 e. The summed E-state index contributed by atoms with van der Waals surface area (Å²) in [4.78, 5) is 0. The van der Waals surface area contributed by atoms with E-state index in [0.29, 0.717) is 54.7 Å². The van der Waals surface area contributed by atoms with Crippen LogP contribution in [0.25, 0.3) is 55.0 Å². The zero-order valence-corrected chi connectivity index (χ0v) is 65.1. The van der Waals surface area contributed by atoms with Crippen LogP contribution in [-0.2, 0) is 0 Å². The summed E-state index contributed by atoms with van der Waals surface area (Å²) in [5, 5.41) is 31.7. The van der Waals surface area contributed by atoms with Gasteiger partial charge in [-0.05, 0) is 139 Å². The highest BCUT2D eigenvalue weighted by molar-refractivity contribution is 7.20. The Kier molecular flexibility index (Phi) is 19.8. The highest BCUT2D eigenvalue weighted by Gasteiger charge is 2.45. The Labute approximate surface area is 643 Å². The quantitative estimate of drug-likeness (QED) is 0.0318. The second kappa shape index (κ2) is 29.7. The average Bonchev–Trinajstić information content (AvgIpc) is 1.09. The van der Waals surface area contributed by atoms with E-state index in [1.54, 1.807) is 67.8 Å². The van der Waals surface area contributed by atoms with E-state index in [0.717, 1.165) is 33.2 Å². The molecular weight excluding hydrogens is 1500 g/mol. The summed E-state index contributed by atoms with van der Waals surface area (Å²) >= 11 is 0. The number of hydrogen-bond donors (Lipinski definition) is 0. The SMILES string of the molecule is COc1ccc(-n2c3ccc([Si](C)(C)c4c(F)c(F)c(F)c(F)c4F)cc3c3cc([Si](C)(C)c4c(F)c(F)c(F)c(F)c4F)ccc32)cc1.COc1ccc(-n2c3ccc([Si](c4ccccc4)(c4ccccc4)c4ccc(C#N)cc4)cc3c3cc([Si](c4ccccc4)(c4ccccc4)c4ccc(C#N)cc4)ccc32)cc1. The molecule has 0 unspecified atom stereocenters. The fraction of sp³-hybridized carbons (Fsp3) is 0.0652. The van der Waals surface area contributed by atoms with Gasteiger partial charge in [-0.3, -0.25) is 0 Å². The Hall–Kier alpha value is -12.6. The number of ether oxygens (including phenoxy) is 2. The topological polar surface area (TPSA) is 75.9 Å². The molecule has 0 fully saturated rings. The van der Waals surface area contributed by atoms with Crippen molar-refractivity contribution in [2.45, 2.75) is 26.2 Å². The number of halogens is 10. The molecule has 0 aliphatic heterocycles. The standard InChI is InChI=1S/C57H41N3OSi2.C35H25F10NOSi2/c1-61-45-28-26-44(27-29-45)60-56-36-34-52(62(46-14-6-2-7-15-46,47-16-8-3-9-17-47)50-30-22-42(40-58)23-31-50)38-54(56)55-39-53(35-37-57(55)60)63(48-18-10-4-11-19-48,49-20-12-5-13-21-49)51-32-24-43(41-59)25-33-51;1-47-17-8-6-16(7-9-17)46-22-12-10-18(48(2,3)34-30(42)26(38)24(36)27(39)31(34)43)14-20(22)21-15-19(11-13-23(21)46)49(4,5)35-32(44)28(40)25(37)29(41)33(35)45/h2-39H,1H3;6-15H,1-5H3. The second-order valence-electron chi connectivity index (χ2n) is 28.5. The van der Waals surface area contributed by atoms with Crippen molar-refractivity contribution in [1.29, 1.82) is 10.5 Å². The number of rotatable bonds is 16. The van der Waals surface area contributed by atoms with Crippen molar-refractivity contribution in [3.8, 4) is 35.0 Å². The van der Waals surface area contributed by atoms with E-state index >= 15 is 17.6 Å². The van der Waals surface area contributed by atoms with E-state index in [1.807, 2.05) is 41.0 Å². The van der Waals surface area contributed by atoms with E-state index in [4.69, 9.17) is 9.47 Å². The smallest absolute Gasteiger partial charge is 0.200 e. The van der Waals surface area contributed by atoms with Gasteiger partial charge in [-0.1, -0.05) is 231 Å². The third kappa shape index (κ3) is 12.3. The number of nitriles is 2. The molecule has 0 saturated carbocycles. The van der Waals surface area contributed by atoms with Gasteiger partial charge in [0.15, 0.2) is 62.7 Å². The van der Waals surface area contributed by atoms with E-state index in [1.165, 1.54) is 74.8 Å². The number of nitrogens with zero attached hydrogens (tertiary/aromatic N) is 4. The minimum Gasteiger partial charge on any atom is -0.497 e. The molecule has 2 aromatic heterocycles. The molecule has 0 aliphatic carbocycles. The maximum atomic E-state index is 15.1. The minimum atomic E-state index is -3.68. The van der Waals surface area contributed by atoms with E-state index in [2.05, 4.69) is 211 Å². The van der Waals surface area contributed by atoms with Crippen molar-refractivity contribution < 1.29 is 53.4 Å². The van der Waals surface area contributed by atoms with Crippen LogP contribution in [-0.4, -0.2) is 55.6 Å². The highest BCUT2D eigenvalue weighted by atomic mass is 28.3. The summed E-state index contributed by atoms with van der Waals surface area (Å²) in [5.74, 6) is -19.1. The van der Waals surface area contributed by atoms with Gasteiger partial charge in [-0.25, -0.2) is 43.9 Å². The van der Waals surface area contributed by atoms with Gasteiger partial charge >= 0.3 is 0 Å². The van der Waals surface area contributed by atoms with Crippen molar-refractivity contribution in [3.05, 3.63) is 360 Å². The maximum absolute atomic E-state index is 15.1. The van der Waals surface area contributed by atoms with Crippen LogP contribution in [0.5, 0.6) is 11.5 Å². The van der Waals surface area contributed by atoms with Crippen LogP contribution in [0.4, 0.5) is 43.9 Å². The molecule has 16 rings (SSSR count). The lowest BCUT2D eigenvalue weighted by molar-refractivity contribution is 0.383. The molecular formula is C92H66F10N4O2Si4. The normalized spacial score (nSPS) is 11.9. The molecule has 0 spiro atoms. The number of aromatic nitrogens is 2. The number of methoxy groups -OCH3 is 2. The van der Waals surface area contributed by atoms with Crippen LogP contribution in [0.1, 0.15) is 11.1 Å². The summed E-state index contributed by atoms with van der Waals surface area (Å²) in [6.45, 7) is 5.72. The minimum absolute atomic E-state index is 0.290. The van der Waals surface area contributed by atoms with Crippen LogP contribution in [0.15, 0.2) is 291 Å². The fourth-order valence-electron chi connectivity index (χ4n) is 16.2. The first kappa shape index (κ1) is 74.9. The Morgan fingerprint density at radius 3 is 0.732 bits per heavy atom. The number of hydrogen-bond acceptors (Lipinski definition) is 4. The van der Waals surface area contributed by atoms with Crippen LogP contribution in [0, 0.1) is 80.8 Å². The summed E-state index contributed by atoms with van der Waals surface area (Å²) < 4.78 is 161. The maximum Gasteiger partial charge on any atom is 0.200 e. The molecule has 0 bridgehead atoms. The third-order valence-electron chi connectivity index (χ3n) is 21.9. The molecule has 0 saturated heterocycles. The summed E-state index contributed by atoms with van der Waals surface area (Å²) in [6.07, 6.45) is 0. The number of benzene rings is 14. The van der Waals surface area contributed by atoms with E-state index < -0.39 is 101 Å². The fourth-order valence-corrected chi connectivity index (χ4v) is 31.0. The third-order valence-corrected chi connectivity index (χ3v) is 38.3. The van der Waals surface area contributed by atoms with E-state index in [9.17, 15) is 36.9 Å². The van der Waals surface area contributed by atoms with Gasteiger partial charge in [0.05, 0.1) is 59.6 Å². The monoisotopic (exact) mass is 1560 g/mol. The predicted octanol–water partition coefficient (Wildman–Crippen LogP) is 15.1. The van der Waals surface area contributed by atoms with Crippen molar-refractivity contribution in [2.24, 2.45) is 0 Å². The molecule has 0 atom stereocenters. The zero-order valence-electron chi connectivity index (χ0n) is 61.1. The first-order valence-corrected chi connectivity index (χ1v) is 45.8. The molecule has 20 heteroatoms. The van der Waals surface area contributed by atoms with Gasteiger partial charge in [-0.2, -0.15) is 10.5 Å². The molecule has 552 valence electrons. The molecule has 6 nitrogen and oxygen atoms in total. The van der Waals surface area contributed by atoms with Gasteiger partial charge in [-0.15, -0.1) is 0 Å². The summed E-state index contributed by atoms with van der Waals surface area (Å²) in [5.41, 5.74) is 6.24. The summed E-state index contributed by atoms with van der Waals surface area (Å²) in [7, 11) is -10.2. The molecule has 112 heavy (non-hydrogen) atoms. The van der Waals surface area contributed by atoms with Crippen LogP contribution in [0.2, 0.25) is 26.2 Å². The average molecular weight is 1560 g/mol. The molecule has 2 heterocycles. The predicted molar refractivity (Wildman–Crippen MR) is 437 cm³/mol. The Balaban J connectivity index is 0.000000183. The lowest BCUT2D eigenvalue weighted by Crippen LogP contribution is -2.74. The van der Waals surface area contributed by atoms with Crippen molar-refractivity contribution in [1.82, 2.24) is 9.13 Å². The molecule has 0 N–H and O–H groups in total. The Bertz CT molecular complexity index is 5940.